The van der Waals surface area contributed by atoms with Crippen molar-refractivity contribution in [2.75, 3.05) is 0 Å². The number of hydrogen-bond acceptors (Lipinski definition) is 3. The molecule has 2 aliphatic carbocycles. The number of nitrogens with zero attached hydrogens (tertiary/aromatic N) is 1. The first-order chi connectivity index (χ1) is 12.2. The van der Waals surface area contributed by atoms with E-state index in [0.29, 0.717) is 6.42 Å². The minimum absolute atomic E-state index is 0.0726. The molecular weight excluding hydrogens is 338 g/mol. The highest BCUT2D eigenvalue weighted by atomic mass is 32.2. The van der Waals surface area contributed by atoms with Crippen LogP contribution in [0.1, 0.15) is 58.9 Å². The van der Waals surface area contributed by atoms with Gasteiger partial charge in [-0.15, -0.1) is 0 Å². The average Bonchev–Trinajstić information content (AvgIpc) is 2.50. The molecule has 0 bridgehead atoms. The monoisotopic (exact) mass is 367 g/mol. The molecular formula is C23H29NOS. The average molecular weight is 368 g/mol. The van der Waals surface area contributed by atoms with Crippen LogP contribution >= 0.6 is 11.8 Å². The molecule has 138 valence electrons. The number of ketones is 1. The van der Waals surface area contributed by atoms with Crippen molar-refractivity contribution in [1.82, 2.24) is 0 Å². The SMILES string of the molecule is CC1(C)CC(=O)C=C(SC2=CC(=NCc3ccccc3)CC(C)(C)C2)C1. The van der Waals surface area contributed by atoms with Gasteiger partial charge in [0.25, 0.3) is 0 Å². The second-order valence-corrected chi connectivity index (χ2v) is 10.4. The summed E-state index contributed by atoms with van der Waals surface area (Å²) >= 11 is 1.80. The van der Waals surface area contributed by atoms with Gasteiger partial charge < -0.3 is 0 Å². The summed E-state index contributed by atoms with van der Waals surface area (Å²) in [4.78, 5) is 19.5. The van der Waals surface area contributed by atoms with Crippen molar-refractivity contribution < 1.29 is 4.79 Å². The van der Waals surface area contributed by atoms with E-state index >= 15 is 0 Å². The summed E-state index contributed by atoms with van der Waals surface area (Å²) in [7, 11) is 0. The highest BCUT2D eigenvalue weighted by molar-refractivity contribution is 8.06. The molecule has 0 saturated heterocycles. The lowest BCUT2D eigenvalue weighted by molar-refractivity contribution is -0.116. The van der Waals surface area contributed by atoms with Crippen LogP contribution in [0.25, 0.3) is 0 Å². The normalized spacial score (nSPS) is 23.5. The summed E-state index contributed by atoms with van der Waals surface area (Å²) in [5.41, 5.74) is 2.70. The summed E-state index contributed by atoms with van der Waals surface area (Å²) in [6, 6.07) is 10.4. The van der Waals surface area contributed by atoms with Crippen molar-refractivity contribution >= 4 is 23.3 Å². The van der Waals surface area contributed by atoms with Crippen LogP contribution in [0.3, 0.4) is 0 Å². The molecule has 0 spiro atoms. The first-order valence-electron chi connectivity index (χ1n) is 9.40. The summed E-state index contributed by atoms with van der Waals surface area (Å²) in [5, 5.41) is 0. The third-order valence-corrected chi connectivity index (χ3v) is 5.89. The lowest BCUT2D eigenvalue weighted by Gasteiger charge is -2.33. The molecule has 1 aromatic carbocycles. The van der Waals surface area contributed by atoms with Crippen LogP contribution in [0.5, 0.6) is 0 Å². The first-order valence-corrected chi connectivity index (χ1v) is 10.2. The number of hydrogen-bond donors (Lipinski definition) is 0. The van der Waals surface area contributed by atoms with Crippen molar-refractivity contribution in [2.24, 2.45) is 15.8 Å². The van der Waals surface area contributed by atoms with Crippen molar-refractivity contribution in [3.63, 3.8) is 0 Å². The Bertz CT molecular complexity index is 769. The molecule has 2 aliphatic rings. The van der Waals surface area contributed by atoms with E-state index in [4.69, 9.17) is 4.99 Å². The van der Waals surface area contributed by atoms with Gasteiger partial charge in [0.05, 0.1) is 6.54 Å². The van der Waals surface area contributed by atoms with Crippen LogP contribution in [-0.2, 0) is 11.3 Å². The summed E-state index contributed by atoms with van der Waals surface area (Å²) in [6.07, 6.45) is 7.81. The molecule has 3 rings (SSSR count). The maximum absolute atomic E-state index is 12.0. The van der Waals surface area contributed by atoms with Gasteiger partial charge in [0.2, 0.25) is 0 Å². The molecule has 0 atom stereocenters. The van der Waals surface area contributed by atoms with Crippen LogP contribution in [0.2, 0.25) is 0 Å². The smallest absolute Gasteiger partial charge is 0.157 e. The first kappa shape index (κ1) is 19.2. The highest BCUT2D eigenvalue weighted by Gasteiger charge is 2.31. The Kier molecular flexibility index (Phi) is 5.57. The van der Waals surface area contributed by atoms with Gasteiger partial charge in [-0.1, -0.05) is 69.8 Å². The van der Waals surface area contributed by atoms with E-state index in [9.17, 15) is 4.79 Å². The topological polar surface area (TPSA) is 29.4 Å². The number of carbonyl (C=O) groups excluding carboxylic acids is 1. The predicted molar refractivity (Wildman–Crippen MR) is 112 cm³/mol. The molecule has 0 saturated carbocycles. The largest absolute Gasteiger partial charge is 0.295 e. The van der Waals surface area contributed by atoms with E-state index in [2.05, 4.69) is 58.0 Å². The Morgan fingerprint density at radius 2 is 1.50 bits per heavy atom. The maximum Gasteiger partial charge on any atom is 0.157 e. The highest BCUT2D eigenvalue weighted by Crippen LogP contribution is 2.46. The van der Waals surface area contributed by atoms with E-state index in [1.165, 1.54) is 21.1 Å². The minimum atomic E-state index is 0.0726. The summed E-state index contributed by atoms with van der Waals surface area (Å²) in [5.74, 6) is 0.261. The van der Waals surface area contributed by atoms with E-state index in [-0.39, 0.29) is 16.6 Å². The quantitative estimate of drug-likeness (QED) is 0.621. The Balaban J connectivity index is 1.77. The molecule has 0 heterocycles. The van der Waals surface area contributed by atoms with Gasteiger partial charge in [0, 0.05) is 12.1 Å². The van der Waals surface area contributed by atoms with Gasteiger partial charge in [-0.05, 0) is 57.6 Å². The maximum atomic E-state index is 12.0. The lowest BCUT2D eigenvalue weighted by Crippen LogP contribution is -2.23. The van der Waals surface area contributed by atoms with Gasteiger partial charge in [0.15, 0.2) is 5.78 Å². The van der Waals surface area contributed by atoms with Crippen molar-refractivity contribution in [2.45, 2.75) is 59.9 Å². The molecule has 0 aliphatic heterocycles. The Morgan fingerprint density at radius 3 is 2.15 bits per heavy atom. The zero-order chi connectivity index (χ0) is 18.8. The van der Waals surface area contributed by atoms with Gasteiger partial charge in [-0.2, -0.15) is 0 Å². The number of carbonyl (C=O) groups is 1. The molecule has 0 unspecified atom stereocenters. The minimum Gasteiger partial charge on any atom is -0.295 e. The number of allylic oxidation sites excluding steroid dienone is 4. The molecule has 1 aromatic rings. The van der Waals surface area contributed by atoms with Gasteiger partial charge in [-0.25, -0.2) is 0 Å². The molecule has 0 N–H and O–H groups in total. The Labute approximate surface area is 161 Å². The van der Waals surface area contributed by atoms with Crippen molar-refractivity contribution in [3.8, 4) is 0 Å². The fourth-order valence-electron chi connectivity index (χ4n) is 3.78. The molecule has 0 fully saturated rings. The molecule has 0 aromatic heterocycles. The Morgan fingerprint density at radius 1 is 0.885 bits per heavy atom. The Hall–Kier alpha value is -1.61. The second-order valence-electron chi connectivity index (χ2n) is 9.12. The number of benzene rings is 1. The third-order valence-electron chi connectivity index (χ3n) is 4.84. The van der Waals surface area contributed by atoms with Crippen LogP contribution in [-0.4, -0.2) is 11.5 Å². The van der Waals surface area contributed by atoms with Crippen LogP contribution < -0.4 is 0 Å². The molecule has 26 heavy (non-hydrogen) atoms. The van der Waals surface area contributed by atoms with Crippen LogP contribution in [0.4, 0.5) is 0 Å². The van der Waals surface area contributed by atoms with E-state index in [1.807, 2.05) is 12.1 Å². The van der Waals surface area contributed by atoms with Crippen LogP contribution in [0, 0.1) is 10.8 Å². The number of aliphatic imine (C=N–C) groups is 1. The predicted octanol–water partition coefficient (Wildman–Crippen LogP) is 6.34. The standard InChI is InChI=1S/C23H29NOS/c1-22(2)12-18(24-16-17-8-6-5-7-9-17)10-20(14-22)26-21-11-19(25)13-23(3,4)15-21/h5-11H,12-16H2,1-4H3. The lowest BCUT2D eigenvalue weighted by atomic mass is 9.80. The second kappa shape index (κ2) is 7.56. The van der Waals surface area contributed by atoms with Gasteiger partial charge in [0.1, 0.15) is 0 Å². The van der Waals surface area contributed by atoms with Crippen molar-refractivity contribution in [1.29, 1.82) is 0 Å². The number of thioether (sulfide) groups is 1. The molecule has 0 radical (unpaired) electrons. The van der Waals surface area contributed by atoms with Crippen LogP contribution in [0.15, 0.2) is 57.3 Å². The third kappa shape index (κ3) is 5.44. The van der Waals surface area contributed by atoms with E-state index in [1.54, 1.807) is 11.8 Å². The molecule has 2 nitrogen and oxygen atoms in total. The number of rotatable bonds is 4. The van der Waals surface area contributed by atoms with E-state index in [0.717, 1.165) is 25.8 Å². The van der Waals surface area contributed by atoms with Gasteiger partial charge in [-0.3, -0.25) is 9.79 Å². The fourth-order valence-corrected chi connectivity index (χ4v) is 5.43. The van der Waals surface area contributed by atoms with E-state index < -0.39 is 0 Å². The van der Waals surface area contributed by atoms with Gasteiger partial charge >= 0.3 is 0 Å². The summed E-state index contributed by atoms with van der Waals surface area (Å²) in [6.45, 7) is 9.72. The molecule has 3 heteroatoms. The molecule has 0 amide bonds. The summed E-state index contributed by atoms with van der Waals surface area (Å²) < 4.78 is 0. The fraction of sp³-hybridized carbons (Fsp3) is 0.478. The zero-order valence-electron chi connectivity index (χ0n) is 16.3. The zero-order valence-corrected chi connectivity index (χ0v) is 17.2. The van der Waals surface area contributed by atoms with Crippen molar-refractivity contribution in [3.05, 3.63) is 57.9 Å².